The van der Waals surface area contributed by atoms with Gasteiger partial charge in [0.2, 0.25) is 0 Å². The molecule has 1 aromatic heterocycles. The van der Waals surface area contributed by atoms with Crippen molar-refractivity contribution in [2.45, 2.75) is 57.5 Å². The fourth-order valence-corrected chi connectivity index (χ4v) is 7.19. The second-order valence-corrected chi connectivity index (χ2v) is 11.4. The molecule has 3 heterocycles. The van der Waals surface area contributed by atoms with Gasteiger partial charge in [-0.05, 0) is 56.0 Å². The summed E-state index contributed by atoms with van der Waals surface area (Å²) in [6, 6.07) is 1.18. The summed E-state index contributed by atoms with van der Waals surface area (Å²) in [7, 11) is 0. The quantitative estimate of drug-likeness (QED) is 0.402. The molecule has 0 unspecified atom stereocenters. The number of hydrogen-bond acceptors (Lipinski definition) is 7. The average Bonchev–Trinajstić information content (AvgIpc) is 3.20. The number of rotatable bonds is 4. The SMILES string of the molecule is O=c1nc(N2CCC3(CCN(CC4CCCCC4)C3)CC2)sc2c([N+](=O)[O-])cc(C(F)(F)F)cc12. The summed E-state index contributed by atoms with van der Waals surface area (Å²) in [6.45, 7) is 4.75. The number of nitrogens with zero attached hydrogens (tertiary/aromatic N) is 4. The van der Waals surface area contributed by atoms with Gasteiger partial charge in [0.25, 0.3) is 11.2 Å². The summed E-state index contributed by atoms with van der Waals surface area (Å²) in [5.74, 6) is 0.812. The van der Waals surface area contributed by atoms with E-state index in [0.29, 0.717) is 30.4 Å². The molecule has 35 heavy (non-hydrogen) atoms. The van der Waals surface area contributed by atoms with Crippen LogP contribution in [0.1, 0.15) is 56.9 Å². The number of nitro benzene ring substituents is 1. The summed E-state index contributed by atoms with van der Waals surface area (Å²) in [6.07, 6.45) is 4.97. The maximum absolute atomic E-state index is 13.2. The number of piperidine rings is 1. The van der Waals surface area contributed by atoms with E-state index in [-0.39, 0.29) is 15.5 Å². The van der Waals surface area contributed by atoms with Crippen LogP contribution in [-0.4, -0.2) is 47.5 Å². The highest BCUT2D eigenvalue weighted by Gasteiger charge is 2.41. The molecule has 1 spiro atoms. The fraction of sp³-hybridized carbons (Fsp3) is 0.667. The Labute approximate surface area is 205 Å². The van der Waals surface area contributed by atoms with Crippen LogP contribution < -0.4 is 10.5 Å². The van der Waals surface area contributed by atoms with Gasteiger partial charge in [0.15, 0.2) is 5.13 Å². The number of aromatic nitrogens is 1. The molecular weight excluding hydrogens is 481 g/mol. The van der Waals surface area contributed by atoms with Gasteiger partial charge in [0.1, 0.15) is 4.70 Å². The zero-order valence-electron chi connectivity index (χ0n) is 19.5. The lowest BCUT2D eigenvalue weighted by atomic mass is 9.78. The number of hydrogen-bond donors (Lipinski definition) is 0. The van der Waals surface area contributed by atoms with E-state index in [4.69, 9.17) is 0 Å². The molecule has 0 amide bonds. The molecule has 3 fully saturated rings. The highest BCUT2D eigenvalue weighted by atomic mass is 32.1. The largest absolute Gasteiger partial charge is 0.416 e. The lowest BCUT2D eigenvalue weighted by Crippen LogP contribution is -2.42. The Hall–Kier alpha value is -2.27. The summed E-state index contributed by atoms with van der Waals surface area (Å²) in [5, 5.41) is 11.5. The van der Waals surface area contributed by atoms with E-state index in [0.717, 1.165) is 49.6 Å². The van der Waals surface area contributed by atoms with Crippen molar-refractivity contribution < 1.29 is 18.1 Å². The third kappa shape index (κ3) is 5.02. The van der Waals surface area contributed by atoms with E-state index < -0.39 is 27.9 Å². The first-order valence-electron chi connectivity index (χ1n) is 12.3. The minimum atomic E-state index is -4.79. The first kappa shape index (κ1) is 24.4. The van der Waals surface area contributed by atoms with Gasteiger partial charge in [-0.2, -0.15) is 18.2 Å². The molecule has 1 aliphatic carbocycles. The van der Waals surface area contributed by atoms with Crippen LogP contribution in [-0.2, 0) is 6.18 Å². The van der Waals surface area contributed by atoms with Crippen LogP contribution in [0, 0.1) is 21.4 Å². The molecular formula is C24H29F3N4O3S. The number of nitro groups is 1. The second kappa shape index (κ2) is 9.31. The summed E-state index contributed by atoms with van der Waals surface area (Å²) in [4.78, 5) is 31.9. The average molecular weight is 511 g/mol. The molecule has 2 aromatic rings. The van der Waals surface area contributed by atoms with E-state index in [9.17, 15) is 28.1 Å². The van der Waals surface area contributed by atoms with Crippen molar-refractivity contribution in [1.82, 2.24) is 9.88 Å². The van der Waals surface area contributed by atoms with Crippen molar-refractivity contribution in [3.63, 3.8) is 0 Å². The summed E-state index contributed by atoms with van der Waals surface area (Å²) >= 11 is 0.932. The molecule has 190 valence electrons. The van der Waals surface area contributed by atoms with Crippen LogP contribution in [0.15, 0.2) is 16.9 Å². The number of halogens is 3. The molecule has 0 N–H and O–H groups in total. The van der Waals surface area contributed by atoms with Crippen molar-refractivity contribution >= 4 is 32.2 Å². The van der Waals surface area contributed by atoms with Crippen LogP contribution in [0.3, 0.4) is 0 Å². The molecule has 0 radical (unpaired) electrons. The van der Waals surface area contributed by atoms with Gasteiger partial charge in [0.05, 0.1) is 15.9 Å². The number of likely N-dealkylation sites (tertiary alicyclic amines) is 1. The predicted molar refractivity (Wildman–Crippen MR) is 129 cm³/mol. The summed E-state index contributed by atoms with van der Waals surface area (Å²) < 4.78 is 39.6. The van der Waals surface area contributed by atoms with Crippen LogP contribution in [0.4, 0.5) is 24.0 Å². The zero-order chi connectivity index (χ0) is 24.8. The van der Waals surface area contributed by atoms with Crippen molar-refractivity contribution in [2.24, 2.45) is 11.3 Å². The summed E-state index contributed by atoms with van der Waals surface area (Å²) in [5.41, 5.74) is -2.53. The Kier molecular flexibility index (Phi) is 6.50. The van der Waals surface area contributed by atoms with Crippen LogP contribution in [0.25, 0.3) is 10.1 Å². The van der Waals surface area contributed by atoms with Gasteiger partial charge >= 0.3 is 6.18 Å². The maximum atomic E-state index is 13.2. The molecule has 7 nitrogen and oxygen atoms in total. The third-order valence-electron chi connectivity index (χ3n) is 8.07. The van der Waals surface area contributed by atoms with Gasteiger partial charge in [-0.15, -0.1) is 0 Å². The maximum Gasteiger partial charge on any atom is 0.416 e. The monoisotopic (exact) mass is 510 g/mol. The standard InChI is InChI=1S/C24H29F3N4O3S/c25-24(26,27)17-12-18-20(19(13-17)31(33)34)35-22(28-21(18)32)30-10-7-23(8-11-30)6-9-29(15-23)14-16-4-2-1-3-5-16/h12-13,16H,1-11,14-15H2. The molecule has 1 aromatic carbocycles. The topological polar surface area (TPSA) is 79.6 Å². The van der Waals surface area contributed by atoms with Gasteiger partial charge < -0.3 is 9.80 Å². The highest BCUT2D eigenvalue weighted by molar-refractivity contribution is 7.22. The Morgan fingerprint density at radius 1 is 1.11 bits per heavy atom. The number of fused-ring (bicyclic) bond motifs is 1. The molecule has 2 saturated heterocycles. The minimum absolute atomic E-state index is 0.0576. The Bertz CT molecular complexity index is 1170. The van der Waals surface area contributed by atoms with Gasteiger partial charge in [-0.3, -0.25) is 14.9 Å². The normalized spacial score (nSPS) is 21.7. The fourth-order valence-electron chi connectivity index (χ4n) is 6.07. The van der Waals surface area contributed by atoms with E-state index in [1.54, 1.807) is 0 Å². The van der Waals surface area contributed by atoms with Crippen LogP contribution in [0.2, 0.25) is 0 Å². The molecule has 11 heteroatoms. The minimum Gasteiger partial charge on any atom is -0.348 e. The lowest BCUT2D eigenvalue weighted by molar-refractivity contribution is -0.383. The number of anilines is 1. The predicted octanol–water partition coefficient (Wildman–Crippen LogP) is 5.46. The zero-order valence-corrected chi connectivity index (χ0v) is 20.3. The Morgan fingerprint density at radius 3 is 2.46 bits per heavy atom. The van der Waals surface area contributed by atoms with E-state index in [2.05, 4.69) is 9.88 Å². The number of non-ortho nitro benzene ring substituents is 1. The lowest BCUT2D eigenvalue weighted by Gasteiger charge is -2.39. The Morgan fingerprint density at radius 2 is 1.80 bits per heavy atom. The molecule has 1 saturated carbocycles. The highest BCUT2D eigenvalue weighted by Crippen LogP contribution is 2.43. The number of benzene rings is 1. The van der Waals surface area contributed by atoms with E-state index >= 15 is 0 Å². The van der Waals surface area contributed by atoms with Gasteiger partial charge in [0, 0.05) is 32.2 Å². The smallest absolute Gasteiger partial charge is 0.348 e. The van der Waals surface area contributed by atoms with Gasteiger partial charge in [-0.1, -0.05) is 30.6 Å². The van der Waals surface area contributed by atoms with Gasteiger partial charge in [-0.25, -0.2) is 0 Å². The Balaban J connectivity index is 1.32. The van der Waals surface area contributed by atoms with Crippen LogP contribution in [0.5, 0.6) is 0 Å². The number of alkyl halides is 3. The van der Waals surface area contributed by atoms with Crippen molar-refractivity contribution in [2.75, 3.05) is 37.6 Å². The van der Waals surface area contributed by atoms with Crippen LogP contribution >= 0.6 is 11.3 Å². The van der Waals surface area contributed by atoms with Crippen molar-refractivity contribution in [1.29, 1.82) is 0 Å². The van der Waals surface area contributed by atoms with E-state index in [1.807, 2.05) is 4.90 Å². The first-order chi connectivity index (χ1) is 16.6. The molecule has 0 bridgehead atoms. The second-order valence-electron chi connectivity index (χ2n) is 10.4. The molecule has 2 aliphatic heterocycles. The first-order valence-corrected chi connectivity index (χ1v) is 13.1. The van der Waals surface area contributed by atoms with Crippen molar-refractivity contribution in [3.05, 3.63) is 38.2 Å². The van der Waals surface area contributed by atoms with E-state index in [1.165, 1.54) is 38.6 Å². The molecule has 3 aliphatic rings. The van der Waals surface area contributed by atoms with Crippen molar-refractivity contribution in [3.8, 4) is 0 Å². The molecule has 5 rings (SSSR count). The third-order valence-corrected chi connectivity index (χ3v) is 9.23. The molecule has 0 atom stereocenters.